The molecule has 0 aromatic heterocycles. The van der Waals surface area contributed by atoms with E-state index in [0.29, 0.717) is 6.42 Å². The van der Waals surface area contributed by atoms with Crippen molar-refractivity contribution in [1.82, 2.24) is 5.32 Å². The molecule has 0 radical (unpaired) electrons. The van der Waals surface area contributed by atoms with E-state index in [4.69, 9.17) is 0 Å². The summed E-state index contributed by atoms with van der Waals surface area (Å²) in [5, 5.41) is 23.2. The van der Waals surface area contributed by atoms with Crippen molar-refractivity contribution < 1.29 is 15.0 Å². The lowest BCUT2D eigenvalue weighted by molar-refractivity contribution is -0.123. The fourth-order valence-electron chi connectivity index (χ4n) is 10.4. The van der Waals surface area contributed by atoms with Crippen molar-refractivity contribution in [2.45, 2.75) is 360 Å². The molecule has 0 saturated carbocycles. The Labute approximate surface area is 487 Å². The maximum Gasteiger partial charge on any atom is 0.220 e. The minimum Gasteiger partial charge on any atom is -0.394 e. The van der Waals surface area contributed by atoms with Crippen LogP contribution in [0.1, 0.15) is 348 Å². The maximum absolute atomic E-state index is 12.5. The molecular weight excluding hydrogens is 951 g/mol. The number of amides is 1. The molecule has 0 aromatic carbocycles. The molecule has 0 rings (SSSR count). The third kappa shape index (κ3) is 64.1. The van der Waals surface area contributed by atoms with E-state index in [1.165, 1.54) is 257 Å². The molecule has 0 saturated heterocycles. The third-order valence-electron chi connectivity index (χ3n) is 15.5. The van der Waals surface area contributed by atoms with E-state index in [2.05, 4.69) is 104 Å². The number of rotatable bonds is 63. The normalized spacial score (nSPS) is 13.3. The van der Waals surface area contributed by atoms with Gasteiger partial charge < -0.3 is 15.5 Å². The van der Waals surface area contributed by atoms with Gasteiger partial charge in [-0.25, -0.2) is 0 Å². The second-order valence-corrected chi connectivity index (χ2v) is 23.2. The van der Waals surface area contributed by atoms with Crippen molar-refractivity contribution >= 4 is 5.91 Å². The Morgan fingerprint density at radius 2 is 0.577 bits per heavy atom. The van der Waals surface area contributed by atoms with Gasteiger partial charge in [-0.1, -0.05) is 349 Å². The van der Waals surface area contributed by atoms with Crippen LogP contribution in [-0.4, -0.2) is 34.9 Å². The van der Waals surface area contributed by atoms with Crippen LogP contribution in [0.5, 0.6) is 0 Å². The monoisotopic (exact) mass is 1080 g/mol. The Balaban J connectivity index is 3.49. The lowest BCUT2D eigenvalue weighted by Gasteiger charge is -2.19. The largest absolute Gasteiger partial charge is 0.394 e. The zero-order valence-corrected chi connectivity index (χ0v) is 52.2. The molecule has 0 spiro atoms. The first-order chi connectivity index (χ1) is 38.7. The highest BCUT2D eigenvalue weighted by Crippen LogP contribution is 2.18. The molecule has 0 fully saturated rings. The molecule has 2 atom stereocenters. The quantitative estimate of drug-likeness (QED) is 0.0420. The Hall–Kier alpha value is -2.69. The molecule has 3 N–H and O–H groups in total. The SMILES string of the molecule is CC/C=C\C/C=C\C/C=C\C/C=C\C/C=C\CCCCCCCCCCCCCCCCCCCCCCCCCC(=O)NC(CO)C(O)/C=C/CC/C=C/CC/C=C/CCCCCCCCCCCCCCCCCCC. The van der Waals surface area contributed by atoms with Crippen molar-refractivity contribution in [3.8, 4) is 0 Å². The zero-order valence-electron chi connectivity index (χ0n) is 52.2. The van der Waals surface area contributed by atoms with Crippen molar-refractivity contribution in [2.24, 2.45) is 0 Å². The highest BCUT2D eigenvalue weighted by Gasteiger charge is 2.18. The molecule has 452 valence electrons. The lowest BCUT2D eigenvalue weighted by Crippen LogP contribution is -2.45. The topological polar surface area (TPSA) is 69.6 Å². The highest BCUT2D eigenvalue weighted by atomic mass is 16.3. The van der Waals surface area contributed by atoms with Crippen LogP contribution in [-0.2, 0) is 4.79 Å². The molecule has 0 heterocycles. The molecule has 0 aliphatic carbocycles. The van der Waals surface area contributed by atoms with Crippen LogP contribution in [0.2, 0.25) is 0 Å². The van der Waals surface area contributed by atoms with Gasteiger partial charge in [0.1, 0.15) is 0 Å². The number of aliphatic hydroxyl groups is 2. The van der Waals surface area contributed by atoms with E-state index >= 15 is 0 Å². The zero-order chi connectivity index (χ0) is 56.2. The van der Waals surface area contributed by atoms with Gasteiger partial charge in [0.05, 0.1) is 18.8 Å². The molecule has 78 heavy (non-hydrogen) atoms. The van der Waals surface area contributed by atoms with Gasteiger partial charge in [0, 0.05) is 6.42 Å². The smallest absolute Gasteiger partial charge is 0.220 e. The maximum atomic E-state index is 12.5. The van der Waals surface area contributed by atoms with Gasteiger partial charge >= 0.3 is 0 Å². The standard InChI is InChI=1S/C74H133NO3/c1-3-5-7-9-11-13-15-17-19-21-23-25-27-29-31-32-33-34-35-36-37-38-39-40-41-42-44-46-48-50-52-54-56-58-60-62-64-66-68-70-74(78)75-72(71-76)73(77)69-67-65-63-61-59-57-55-53-51-49-47-45-43-30-28-26-24-22-20-18-16-14-12-10-8-6-4-2/h5,7,11,13,17,19,23,25,29,31,51,53,59,61,67,69,72-73,76-77H,3-4,6,8-10,12,14-16,18,20-22,24,26-28,30,32-50,52,54-58,60,62-66,68,70-71H2,1-2H3,(H,75,78)/b7-5-,13-11-,19-17-,25-23-,31-29-,53-51+,61-59+,69-67+. The predicted molar refractivity (Wildman–Crippen MR) is 350 cm³/mol. The van der Waals surface area contributed by atoms with Crippen molar-refractivity contribution in [3.05, 3.63) is 97.2 Å². The van der Waals surface area contributed by atoms with Crippen LogP contribution in [0.4, 0.5) is 0 Å². The molecular formula is C74H133NO3. The number of unbranched alkanes of at least 4 members (excludes halogenated alkanes) is 42. The molecule has 2 unspecified atom stereocenters. The van der Waals surface area contributed by atoms with Gasteiger partial charge in [0.25, 0.3) is 0 Å². The van der Waals surface area contributed by atoms with E-state index < -0.39 is 12.1 Å². The lowest BCUT2D eigenvalue weighted by atomic mass is 10.0. The highest BCUT2D eigenvalue weighted by molar-refractivity contribution is 5.76. The summed E-state index contributed by atoms with van der Waals surface area (Å²) in [6, 6.07) is -0.650. The van der Waals surface area contributed by atoms with Gasteiger partial charge in [-0.05, 0) is 89.9 Å². The van der Waals surface area contributed by atoms with Crippen LogP contribution >= 0.6 is 0 Å². The first kappa shape index (κ1) is 75.3. The molecule has 0 aromatic rings. The van der Waals surface area contributed by atoms with E-state index in [9.17, 15) is 15.0 Å². The number of carbonyl (C=O) groups is 1. The predicted octanol–water partition coefficient (Wildman–Crippen LogP) is 23.6. The van der Waals surface area contributed by atoms with Gasteiger partial charge in [0.2, 0.25) is 5.91 Å². The summed E-state index contributed by atoms with van der Waals surface area (Å²) in [4.78, 5) is 12.5. The Morgan fingerprint density at radius 3 is 0.897 bits per heavy atom. The Kier molecular flexibility index (Phi) is 66.2. The van der Waals surface area contributed by atoms with Crippen LogP contribution in [0, 0.1) is 0 Å². The summed E-state index contributed by atoms with van der Waals surface area (Å²) in [6.07, 6.45) is 102. The molecule has 4 heteroatoms. The molecule has 0 aliphatic heterocycles. The number of aliphatic hydroxyl groups excluding tert-OH is 2. The summed E-state index contributed by atoms with van der Waals surface area (Å²) in [6.45, 7) is 4.21. The number of hydrogen-bond donors (Lipinski definition) is 3. The number of hydrogen-bond acceptors (Lipinski definition) is 3. The van der Waals surface area contributed by atoms with E-state index in [0.717, 1.165) is 70.6 Å². The first-order valence-electron chi connectivity index (χ1n) is 34.5. The summed E-state index contributed by atoms with van der Waals surface area (Å²) in [5.74, 6) is -0.0739. The summed E-state index contributed by atoms with van der Waals surface area (Å²) < 4.78 is 0. The van der Waals surface area contributed by atoms with E-state index in [-0.39, 0.29) is 12.5 Å². The van der Waals surface area contributed by atoms with Gasteiger partial charge in [-0.15, -0.1) is 0 Å². The second kappa shape index (κ2) is 68.6. The number of allylic oxidation sites excluding steroid dienone is 15. The van der Waals surface area contributed by atoms with Gasteiger partial charge in [0.15, 0.2) is 0 Å². The second-order valence-electron chi connectivity index (χ2n) is 23.2. The van der Waals surface area contributed by atoms with Crippen LogP contribution in [0.25, 0.3) is 0 Å². The van der Waals surface area contributed by atoms with Crippen LogP contribution in [0.3, 0.4) is 0 Å². The number of nitrogens with one attached hydrogen (secondary N) is 1. The van der Waals surface area contributed by atoms with Crippen LogP contribution in [0.15, 0.2) is 97.2 Å². The van der Waals surface area contributed by atoms with E-state index in [1.807, 2.05) is 6.08 Å². The van der Waals surface area contributed by atoms with E-state index in [1.54, 1.807) is 6.08 Å². The summed E-state index contributed by atoms with van der Waals surface area (Å²) >= 11 is 0. The number of carbonyl (C=O) groups excluding carboxylic acids is 1. The summed E-state index contributed by atoms with van der Waals surface area (Å²) in [7, 11) is 0. The Morgan fingerprint density at radius 1 is 0.321 bits per heavy atom. The fourth-order valence-corrected chi connectivity index (χ4v) is 10.4. The minimum absolute atomic E-state index is 0.0739. The van der Waals surface area contributed by atoms with Crippen molar-refractivity contribution in [3.63, 3.8) is 0 Å². The minimum atomic E-state index is -0.874. The van der Waals surface area contributed by atoms with Crippen molar-refractivity contribution in [1.29, 1.82) is 0 Å². The summed E-state index contributed by atoms with van der Waals surface area (Å²) in [5.41, 5.74) is 0. The van der Waals surface area contributed by atoms with Crippen LogP contribution < -0.4 is 5.32 Å². The average molecular weight is 1080 g/mol. The third-order valence-corrected chi connectivity index (χ3v) is 15.5. The average Bonchev–Trinajstić information content (AvgIpc) is 3.44. The molecule has 0 bridgehead atoms. The first-order valence-corrected chi connectivity index (χ1v) is 34.5. The fraction of sp³-hybridized carbons (Fsp3) is 0.770. The molecule has 1 amide bonds. The van der Waals surface area contributed by atoms with Gasteiger partial charge in [-0.3, -0.25) is 4.79 Å². The van der Waals surface area contributed by atoms with Gasteiger partial charge in [-0.2, -0.15) is 0 Å². The van der Waals surface area contributed by atoms with Crippen molar-refractivity contribution in [2.75, 3.05) is 6.61 Å². The Bertz CT molecular complexity index is 1420. The molecule has 4 nitrogen and oxygen atoms in total. The molecule has 0 aliphatic rings.